The Balaban J connectivity index is 2.29. The maximum Gasteiger partial charge on any atom is 0.416 e. The zero-order chi connectivity index (χ0) is 19.3. The van der Waals surface area contributed by atoms with Crippen LogP contribution in [0.15, 0.2) is 23.6 Å². The van der Waals surface area contributed by atoms with Gasteiger partial charge in [-0.1, -0.05) is 26.3 Å². The molecule has 0 saturated heterocycles. The number of thiophene rings is 1. The highest BCUT2D eigenvalue weighted by atomic mass is 32.1. The van der Waals surface area contributed by atoms with Crippen LogP contribution in [0.1, 0.15) is 58.6 Å². The highest BCUT2D eigenvalue weighted by Crippen LogP contribution is 2.34. The highest BCUT2D eigenvalue weighted by Gasteiger charge is 2.33. The summed E-state index contributed by atoms with van der Waals surface area (Å²) < 4.78 is 39.3. The minimum absolute atomic E-state index is 0.0604. The molecule has 0 spiro atoms. The molecule has 1 amide bonds. The van der Waals surface area contributed by atoms with Gasteiger partial charge in [-0.05, 0) is 42.5 Å². The second-order valence-corrected chi connectivity index (χ2v) is 6.95. The normalized spacial score (nSPS) is 11.6. The van der Waals surface area contributed by atoms with Crippen molar-refractivity contribution in [3.8, 4) is 0 Å². The molecule has 0 aliphatic heterocycles. The van der Waals surface area contributed by atoms with Crippen LogP contribution >= 0.6 is 11.3 Å². The predicted molar refractivity (Wildman–Crippen MR) is 97.6 cm³/mol. The number of hydrogen-bond donors (Lipinski definition) is 2. The molecule has 7 heteroatoms. The van der Waals surface area contributed by atoms with Crippen LogP contribution in [-0.2, 0) is 25.6 Å². The zero-order valence-corrected chi connectivity index (χ0v) is 15.6. The van der Waals surface area contributed by atoms with E-state index in [-0.39, 0.29) is 11.3 Å². The summed E-state index contributed by atoms with van der Waals surface area (Å²) in [7, 11) is 0. The van der Waals surface area contributed by atoms with E-state index in [2.05, 4.69) is 12.2 Å². The molecule has 2 rings (SSSR count). The van der Waals surface area contributed by atoms with E-state index in [0.717, 1.165) is 42.2 Å². The number of halogens is 3. The number of anilines is 1. The molecule has 0 bridgehead atoms. The van der Waals surface area contributed by atoms with Crippen molar-refractivity contribution in [3.63, 3.8) is 0 Å². The number of nitrogens with one attached hydrogen (secondary N) is 1. The topological polar surface area (TPSA) is 49.3 Å². The SMILES string of the molecule is CCCCc1c(C(=O)Nc2ccc(CO)c(C(F)(F)F)c2)csc1CC. The summed E-state index contributed by atoms with van der Waals surface area (Å²) in [5, 5.41) is 13.4. The summed E-state index contributed by atoms with van der Waals surface area (Å²) in [6.45, 7) is 3.37. The summed E-state index contributed by atoms with van der Waals surface area (Å²) in [6.07, 6.45) is -1.04. The second-order valence-electron chi connectivity index (χ2n) is 5.99. The molecule has 142 valence electrons. The molecule has 0 unspecified atom stereocenters. The number of amides is 1. The molecule has 0 atom stereocenters. The van der Waals surface area contributed by atoms with Crippen LogP contribution in [-0.4, -0.2) is 11.0 Å². The first-order chi connectivity index (χ1) is 12.3. The monoisotopic (exact) mass is 385 g/mol. The molecule has 3 nitrogen and oxygen atoms in total. The van der Waals surface area contributed by atoms with Crippen molar-refractivity contribution in [3.05, 3.63) is 50.7 Å². The molecule has 1 aromatic heterocycles. The Labute approximate surface area is 154 Å². The van der Waals surface area contributed by atoms with Crippen molar-refractivity contribution in [1.82, 2.24) is 0 Å². The number of aliphatic hydroxyl groups is 1. The Morgan fingerprint density at radius 2 is 2.00 bits per heavy atom. The Morgan fingerprint density at radius 3 is 2.58 bits per heavy atom. The average molecular weight is 385 g/mol. The van der Waals surface area contributed by atoms with E-state index < -0.39 is 24.3 Å². The molecule has 0 fully saturated rings. The van der Waals surface area contributed by atoms with Crippen molar-refractivity contribution in [2.45, 2.75) is 52.3 Å². The summed E-state index contributed by atoms with van der Waals surface area (Å²) in [5.41, 5.74) is 0.414. The van der Waals surface area contributed by atoms with Gasteiger partial charge in [-0.15, -0.1) is 11.3 Å². The van der Waals surface area contributed by atoms with Gasteiger partial charge in [0.2, 0.25) is 0 Å². The Morgan fingerprint density at radius 1 is 1.27 bits per heavy atom. The lowest BCUT2D eigenvalue weighted by molar-refractivity contribution is -0.138. The van der Waals surface area contributed by atoms with Crippen LogP contribution < -0.4 is 5.32 Å². The first-order valence-corrected chi connectivity index (χ1v) is 9.41. The van der Waals surface area contributed by atoms with E-state index in [1.54, 1.807) is 5.38 Å². The molecule has 1 heterocycles. The minimum atomic E-state index is -4.59. The van der Waals surface area contributed by atoms with Gasteiger partial charge in [0.25, 0.3) is 5.91 Å². The van der Waals surface area contributed by atoms with Gasteiger partial charge >= 0.3 is 6.18 Å². The van der Waals surface area contributed by atoms with Crippen molar-refractivity contribution in [2.75, 3.05) is 5.32 Å². The Kier molecular flexibility index (Phi) is 6.83. The summed E-state index contributed by atoms with van der Waals surface area (Å²) in [4.78, 5) is 13.7. The van der Waals surface area contributed by atoms with Crippen LogP contribution in [0.4, 0.5) is 18.9 Å². The standard InChI is InChI=1S/C19H22F3NO2S/c1-3-5-6-14-15(11-26-17(14)4-2)18(25)23-13-8-7-12(10-24)16(9-13)19(20,21)22/h7-9,11,24H,3-6,10H2,1-2H3,(H,23,25). The smallest absolute Gasteiger partial charge is 0.392 e. The molecule has 2 aromatic rings. The summed E-state index contributed by atoms with van der Waals surface area (Å²) >= 11 is 1.51. The molecule has 2 N–H and O–H groups in total. The molecule has 26 heavy (non-hydrogen) atoms. The van der Waals surface area contributed by atoms with Crippen LogP contribution in [0.2, 0.25) is 0 Å². The lowest BCUT2D eigenvalue weighted by Crippen LogP contribution is -2.15. The quantitative estimate of drug-likeness (QED) is 0.669. The van der Waals surface area contributed by atoms with E-state index >= 15 is 0 Å². The number of carbonyl (C=O) groups is 1. The summed E-state index contributed by atoms with van der Waals surface area (Å²) in [6, 6.07) is 3.42. The minimum Gasteiger partial charge on any atom is -0.392 e. The third kappa shape index (κ3) is 4.65. The lowest BCUT2D eigenvalue weighted by Gasteiger charge is -2.14. The first kappa shape index (κ1) is 20.5. The fourth-order valence-corrected chi connectivity index (χ4v) is 3.82. The van der Waals surface area contributed by atoms with Gasteiger partial charge in [-0.3, -0.25) is 4.79 Å². The molecule has 0 saturated carbocycles. The van der Waals surface area contributed by atoms with E-state index in [9.17, 15) is 18.0 Å². The van der Waals surface area contributed by atoms with Crippen molar-refractivity contribution >= 4 is 22.9 Å². The van der Waals surface area contributed by atoms with Crippen LogP contribution in [0.25, 0.3) is 0 Å². The van der Waals surface area contributed by atoms with Gasteiger partial charge in [0.1, 0.15) is 0 Å². The number of hydrogen-bond acceptors (Lipinski definition) is 3. The number of aryl methyl sites for hydroxylation is 1. The molecule has 0 aliphatic carbocycles. The molecule has 0 aliphatic rings. The molecular formula is C19H22F3NO2S. The second kappa shape index (κ2) is 8.68. The van der Waals surface area contributed by atoms with Crippen molar-refractivity contribution < 1.29 is 23.1 Å². The largest absolute Gasteiger partial charge is 0.416 e. The van der Waals surface area contributed by atoms with E-state index in [0.29, 0.717) is 5.56 Å². The van der Waals surface area contributed by atoms with E-state index in [4.69, 9.17) is 5.11 Å². The predicted octanol–water partition coefficient (Wildman–Crippen LogP) is 5.42. The van der Waals surface area contributed by atoms with Crippen LogP contribution in [0.5, 0.6) is 0 Å². The Hall–Kier alpha value is -1.86. The number of alkyl halides is 3. The molecule has 1 aromatic carbocycles. The van der Waals surface area contributed by atoms with Gasteiger partial charge in [0.05, 0.1) is 17.7 Å². The van der Waals surface area contributed by atoms with Gasteiger partial charge < -0.3 is 10.4 Å². The van der Waals surface area contributed by atoms with Crippen LogP contribution in [0, 0.1) is 0 Å². The summed E-state index contributed by atoms with van der Waals surface area (Å²) in [5.74, 6) is -0.406. The van der Waals surface area contributed by atoms with Crippen LogP contribution in [0.3, 0.4) is 0 Å². The Bertz CT molecular complexity index is 769. The number of unbranched alkanes of at least 4 members (excludes halogenated alkanes) is 1. The maximum absolute atomic E-state index is 13.1. The van der Waals surface area contributed by atoms with Gasteiger partial charge in [0, 0.05) is 15.9 Å². The van der Waals surface area contributed by atoms with Gasteiger partial charge in [-0.2, -0.15) is 13.2 Å². The zero-order valence-electron chi connectivity index (χ0n) is 14.7. The number of aliphatic hydroxyl groups excluding tert-OH is 1. The fraction of sp³-hybridized carbons (Fsp3) is 0.421. The molecular weight excluding hydrogens is 363 g/mol. The fourth-order valence-electron chi connectivity index (χ4n) is 2.79. The van der Waals surface area contributed by atoms with E-state index in [1.165, 1.54) is 23.5 Å². The number of benzene rings is 1. The maximum atomic E-state index is 13.1. The average Bonchev–Trinajstić information content (AvgIpc) is 3.02. The number of rotatable bonds is 7. The lowest BCUT2D eigenvalue weighted by atomic mass is 10.0. The highest BCUT2D eigenvalue weighted by molar-refractivity contribution is 7.10. The third-order valence-corrected chi connectivity index (χ3v) is 5.34. The van der Waals surface area contributed by atoms with Gasteiger partial charge in [0.15, 0.2) is 0 Å². The van der Waals surface area contributed by atoms with Gasteiger partial charge in [-0.25, -0.2) is 0 Å². The molecule has 0 radical (unpaired) electrons. The number of carbonyl (C=O) groups excluding carboxylic acids is 1. The van der Waals surface area contributed by atoms with Crippen molar-refractivity contribution in [1.29, 1.82) is 0 Å². The third-order valence-electron chi connectivity index (χ3n) is 4.17. The first-order valence-electron chi connectivity index (χ1n) is 8.53. The van der Waals surface area contributed by atoms with Crippen molar-refractivity contribution in [2.24, 2.45) is 0 Å². The van der Waals surface area contributed by atoms with E-state index in [1.807, 2.05) is 6.92 Å².